The molecule has 1 amide bonds. The predicted molar refractivity (Wildman–Crippen MR) is 106 cm³/mol. The van der Waals surface area contributed by atoms with E-state index in [9.17, 15) is 4.79 Å². The fourth-order valence-electron chi connectivity index (χ4n) is 2.95. The first-order chi connectivity index (χ1) is 12.4. The molecule has 0 aliphatic carbocycles. The molecule has 2 heterocycles. The van der Waals surface area contributed by atoms with Crippen LogP contribution >= 0.6 is 0 Å². The van der Waals surface area contributed by atoms with Crippen LogP contribution in [0.3, 0.4) is 0 Å². The number of benzene rings is 1. The first-order valence-corrected chi connectivity index (χ1v) is 9.27. The van der Waals surface area contributed by atoms with E-state index in [2.05, 4.69) is 19.2 Å². The molecule has 0 fully saturated rings. The van der Waals surface area contributed by atoms with Crippen LogP contribution in [-0.2, 0) is 6.54 Å². The van der Waals surface area contributed by atoms with Gasteiger partial charge in [-0.2, -0.15) is 0 Å². The summed E-state index contributed by atoms with van der Waals surface area (Å²) in [4.78, 5) is 22.3. The molecule has 0 aliphatic heterocycles. The van der Waals surface area contributed by atoms with Gasteiger partial charge in [0.25, 0.3) is 5.91 Å². The van der Waals surface area contributed by atoms with Gasteiger partial charge in [0.1, 0.15) is 16.9 Å². The van der Waals surface area contributed by atoms with Crippen molar-refractivity contribution in [1.29, 1.82) is 0 Å². The number of amides is 1. The molecule has 0 saturated carbocycles. The second kappa shape index (κ2) is 7.32. The van der Waals surface area contributed by atoms with Gasteiger partial charge in [-0.05, 0) is 37.8 Å². The third-order valence-corrected chi connectivity index (χ3v) is 4.74. The summed E-state index contributed by atoms with van der Waals surface area (Å²) in [6, 6.07) is 7.76. The van der Waals surface area contributed by atoms with Gasteiger partial charge < -0.3 is 15.6 Å². The van der Waals surface area contributed by atoms with E-state index in [1.807, 2.05) is 42.7 Å². The zero-order chi connectivity index (χ0) is 18.8. The maximum atomic E-state index is 12.9. The van der Waals surface area contributed by atoms with E-state index in [0.29, 0.717) is 35.0 Å². The number of nitrogens with zero attached hydrogens (tertiary/aromatic N) is 3. The average Bonchev–Trinajstić information content (AvgIpc) is 2.88. The minimum absolute atomic E-state index is 0.0735. The molecule has 3 N–H and O–H groups in total. The minimum atomic E-state index is -0.185. The van der Waals surface area contributed by atoms with Crippen molar-refractivity contribution in [3.8, 4) is 0 Å². The Morgan fingerprint density at radius 1 is 1.19 bits per heavy atom. The lowest BCUT2D eigenvalue weighted by Crippen LogP contribution is -2.32. The maximum Gasteiger partial charge on any atom is 0.257 e. The van der Waals surface area contributed by atoms with Crippen LogP contribution in [0.5, 0.6) is 0 Å². The van der Waals surface area contributed by atoms with Gasteiger partial charge >= 0.3 is 0 Å². The number of rotatable bonds is 6. The van der Waals surface area contributed by atoms with Gasteiger partial charge in [-0.15, -0.1) is 0 Å². The van der Waals surface area contributed by atoms with Gasteiger partial charge in [0.2, 0.25) is 0 Å². The molecule has 2 aromatic heterocycles. The standard InChI is InChI=1S/C20H27N5O/c1-5-13(4)22-20(26)16-17-19(25(18(16)21)11-10-12(2)3)24-15-9-7-6-8-14(15)23-17/h6-9,12-13H,5,10-11,21H2,1-4H3,(H,22,26)/t13-/m1/s1. The quantitative estimate of drug-likeness (QED) is 0.707. The molecule has 1 atom stereocenters. The summed E-state index contributed by atoms with van der Waals surface area (Å²) in [6.45, 7) is 9.06. The summed E-state index contributed by atoms with van der Waals surface area (Å²) in [5.74, 6) is 0.782. The Balaban J connectivity index is 2.19. The zero-order valence-corrected chi connectivity index (χ0v) is 15.9. The summed E-state index contributed by atoms with van der Waals surface area (Å²) in [5.41, 5.74) is 9.66. The number of hydrogen-bond acceptors (Lipinski definition) is 4. The van der Waals surface area contributed by atoms with Crippen molar-refractivity contribution in [1.82, 2.24) is 19.9 Å². The van der Waals surface area contributed by atoms with E-state index in [0.717, 1.165) is 23.9 Å². The molecular formula is C20H27N5O. The SMILES string of the molecule is CC[C@@H](C)NC(=O)c1c(N)n(CCC(C)C)c2nc3ccccc3nc12. The van der Waals surface area contributed by atoms with E-state index in [-0.39, 0.29) is 11.9 Å². The molecule has 138 valence electrons. The Hall–Kier alpha value is -2.63. The molecule has 0 spiro atoms. The largest absolute Gasteiger partial charge is 0.384 e. The number of carbonyl (C=O) groups is 1. The highest BCUT2D eigenvalue weighted by molar-refractivity contribution is 6.10. The van der Waals surface area contributed by atoms with Crippen molar-refractivity contribution >= 4 is 33.9 Å². The van der Waals surface area contributed by atoms with E-state index in [1.54, 1.807) is 0 Å². The second-order valence-electron chi connectivity index (χ2n) is 7.26. The monoisotopic (exact) mass is 353 g/mol. The number of aromatic nitrogens is 3. The summed E-state index contributed by atoms with van der Waals surface area (Å²) >= 11 is 0. The lowest BCUT2D eigenvalue weighted by Gasteiger charge is -2.12. The third kappa shape index (κ3) is 3.36. The molecule has 0 saturated heterocycles. The highest BCUT2D eigenvalue weighted by atomic mass is 16.1. The summed E-state index contributed by atoms with van der Waals surface area (Å²) in [5, 5.41) is 3.01. The van der Waals surface area contributed by atoms with Crippen LogP contribution in [0.15, 0.2) is 24.3 Å². The van der Waals surface area contributed by atoms with Crippen LogP contribution in [0, 0.1) is 5.92 Å². The van der Waals surface area contributed by atoms with Crippen LogP contribution in [-0.4, -0.2) is 26.5 Å². The molecule has 3 aromatic rings. The Kier molecular flexibility index (Phi) is 5.11. The molecule has 0 aliphatic rings. The molecule has 0 radical (unpaired) electrons. The maximum absolute atomic E-state index is 12.9. The molecular weight excluding hydrogens is 326 g/mol. The number of anilines is 1. The lowest BCUT2D eigenvalue weighted by atomic mass is 10.1. The van der Waals surface area contributed by atoms with E-state index in [4.69, 9.17) is 15.7 Å². The van der Waals surface area contributed by atoms with Crippen molar-refractivity contribution in [3.05, 3.63) is 29.8 Å². The van der Waals surface area contributed by atoms with E-state index < -0.39 is 0 Å². The third-order valence-electron chi connectivity index (χ3n) is 4.74. The Bertz CT molecular complexity index is 944. The van der Waals surface area contributed by atoms with Crippen molar-refractivity contribution in [3.63, 3.8) is 0 Å². The van der Waals surface area contributed by atoms with Crippen LogP contribution in [0.1, 0.15) is 50.9 Å². The van der Waals surface area contributed by atoms with Crippen molar-refractivity contribution in [2.75, 3.05) is 5.73 Å². The average molecular weight is 353 g/mol. The van der Waals surface area contributed by atoms with E-state index in [1.165, 1.54) is 0 Å². The number of para-hydroxylation sites is 2. The van der Waals surface area contributed by atoms with Gasteiger partial charge in [0.15, 0.2) is 5.65 Å². The number of nitrogen functional groups attached to an aromatic ring is 1. The smallest absolute Gasteiger partial charge is 0.257 e. The number of aryl methyl sites for hydroxylation is 1. The highest BCUT2D eigenvalue weighted by Gasteiger charge is 2.24. The molecule has 26 heavy (non-hydrogen) atoms. The summed E-state index contributed by atoms with van der Waals surface area (Å²) in [6.07, 6.45) is 1.81. The minimum Gasteiger partial charge on any atom is -0.384 e. The van der Waals surface area contributed by atoms with E-state index >= 15 is 0 Å². The summed E-state index contributed by atoms with van der Waals surface area (Å²) < 4.78 is 1.93. The van der Waals surface area contributed by atoms with Crippen LogP contribution in [0.25, 0.3) is 22.2 Å². The van der Waals surface area contributed by atoms with Crippen LogP contribution in [0.4, 0.5) is 5.82 Å². The molecule has 6 nitrogen and oxygen atoms in total. The predicted octanol–water partition coefficient (Wildman–Crippen LogP) is 3.74. The van der Waals surface area contributed by atoms with Gasteiger partial charge in [-0.25, -0.2) is 9.97 Å². The number of carbonyl (C=O) groups excluding carboxylic acids is 1. The Morgan fingerprint density at radius 3 is 2.46 bits per heavy atom. The van der Waals surface area contributed by atoms with Gasteiger partial charge in [-0.1, -0.05) is 32.9 Å². The van der Waals surface area contributed by atoms with Crippen molar-refractivity contribution < 1.29 is 4.79 Å². The number of fused-ring (bicyclic) bond motifs is 2. The Labute approximate surface area is 153 Å². The number of nitrogens with one attached hydrogen (secondary N) is 1. The van der Waals surface area contributed by atoms with Gasteiger partial charge in [0, 0.05) is 12.6 Å². The zero-order valence-electron chi connectivity index (χ0n) is 15.9. The van der Waals surface area contributed by atoms with Gasteiger partial charge in [-0.3, -0.25) is 4.79 Å². The molecule has 0 unspecified atom stereocenters. The number of hydrogen-bond donors (Lipinski definition) is 2. The summed E-state index contributed by atoms with van der Waals surface area (Å²) in [7, 11) is 0. The topological polar surface area (TPSA) is 85.8 Å². The fraction of sp³-hybridized carbons (Fsp3) is 0.450. The van der Waals surface area contributed by atoms with Crippen molar-refractivity contribution in [2.24, 2.45) is 5.92 Å². The Morgan fingerprint density at radius 2 is 1.85 bits per heavy atom. The number of nitrogens with two attached hydrogens (primary N) is 1. The van der Waals surface area contributed by atoms with Gasteiger partial charge in [0.05, 0.1) is 11.0 Å². The fourth-order valence-corrected chi connectivity index (χ4v) is 2.95. The second-order valence-corrected chi connectivity index (χ2v) is 7.26. The molecule has 3 rings (SSSR count). The lowest BCUT2D eigenvalue weighted by molar-refractivity contribution is 0.0941. The van der Waals surface area contributed by atoms with Crippen molar-refractivity contribution in [2.45, 2.75) is 53.1 Å². The molecule has 6 heteroatoms. The normalized spacial score (nSPS) is 12.8. The highest BCUT2D eigenvalue weighted by Crippen LogP contribution is 2.28. The first-order valence-electron chi connectivity index (χ1n) is 9.27. The van der Waals surface area contributed by atoms with Crippen LogP contribution in [0.2, 0.25) is 0 Å². The molecule has 0 bridgehead atoms. The molecule has 1 aromatic carbocycles. The van der Waals surface area contributed by atoms with Crippen LogP contribution < -0.4 is 11.1 Å². The first kappa shape index (κ1) is 18.2.